The number of sulfonamides is 1. The largest absolute Gasteiger partial charge is 0.325 e. The lowest BCUT2D eigenvalue weighted by Crippen LogP contribution is -2.27. The minimum atomic E-state index is -3.50. The van der Waals surface area contributed by atoms with Gasteiger partial charge < -0.3 is 5.32 Å². The second-order valence-corrected chi connectivity index (χ2v) is 13.2. The van der Waals surface area contributed by atoms with Crippen LogP contribution in [0, 0.1) is 0 Å². The Hall–Kier alpha value is -3.18. The molecule has 2 heterocycles. The van der Waals surface area contributed by atoms with Crippen molar-refractivity contribution in [1.29, 1.82) is 0 Å². The number of hydrogen-bond donors (Lipinski definition) is 1. The molecule has 40 heavy (non-hydrogen) atoms. The first-order valence-electron chi connectivity index (χ1n) is 13.1. The van der Waals surface area contributed by atoms with Crippen LogP contribution in [-0.4, -0.2) is 52.2 Å². The summed E-state index contributed by atoms with van der Waals surface area (Å²) in [7, 11) is -3.50. The van der Waals surface area contributed by atoms with E-state index < -0.39 is 10.0 Å². The van der Waals surface area contributed by atoms with Crippen LogP contribution in [0.3, 0.4) is 0 Å². The van der Waals surface area contributed by atoms with Crippen molar-refractivity contribution >= 4 is 45.0 Å². The van der Waals surface area contributed by atoms with Gasteiger partial charge in [-0.05, 0) is 78.9 Å². The van der Waals surface area contributed by atoms with Crippen LogP contribution in [0.15, 0.2) is 82.8 Å². The van der Waals surface area contributed by atoms with E-state index in [1.54, 1.807) is 12.1 Å². The Labute approximate surface area is 243 Å². The molecule has 1 saturated heterocycles. The van der Waals surface area contributed by atoms with Crippen molar-refractivity contribution in [3.63, 3.8) is 0 Å². The van der Waals surface area contributed by atoms with E-state index in [4.69, 9.17) is 11.6 Å². The van der Waals surface area contributed by atoms with Crippen LogP contribution in [0.2, 0.25) is 5.02 Å². The van der Waals surface area contributed by atoms with Gasteiger partial charge in [0.2, 0.25) is 15.9 Å². The molecular weight excluding hydrogens is 566 g/mol. The van der Waals surface area contributed by atoms with Gasteiger partial charge >= 0.3 is 0 Å². The molecule has 1 N–H and O–H groups in total. The second kappa shape index (κ2) is 12.1. The third kappa shape index (κ3) is 6.10. The summed E-state index contributed by atoms with van der Waals surface area (Å²) in [6, 6.07) is 21.8. The third-order valence-corrected chi connectivity index (χ3v) is 9.80. The molecule has 1 fully saturated rings. The molecule has 1 aliphatic rings. The molecule has 0 aliphatic carbocycles. The zero-order valence-electron chi connectivity index (χ0n) is 22.2. The third-order valence-electron chi connectivity index (χ3n) is 6.71. The number of thioether (sulfide) groups is 1. The van der Waals surface area contributed by atoms with Crippen molar-refractivity contribution < 1.29 is 13.2 Å². The van der Waals surface area contributed by atoms with E-state index in [1.165, 1.54) is 28.2 Å². The average Bonchev–Trinajstić information content (AvgIpc) is 3.64. The van der Waals surface area contributed by atoms with Gasteiger partial charge in [0.15, 0.2) is 11.0 Å². The lowest BCUT2D eigenvalue weighted by Gasteiger charge is -2.17. The molecule has 8 nitrogen and oxygen atoms in total. The molecule has 1 aromatic heterocycles. The first kappa shape index (κ1) is 28.4. The van der Waals surface area contributed by atoms with Gasteiger partial charge in [-0.3, -0.25) is 9.36 Å². The normalized spacial score (nSPS) is 14.1. The summed E-state index contributed by atoms with van der Waals surface area (Å²) in [5.74, 6) is 0.772. The van der Waals surface area contributed by atoms with E-state index >= 15 is 0 Å². The summed E-state index contributed by atoms with van der Waals surface area (Å²) < 4.78 is 29.0. The number of amides is 1. The highest BCUT2D eigenvalue weighted by Gasteiger charge is 2.27. The maximum Gasteiger partial charge on any atom is 0.243 e. The Kier molecular flexibility index (Phi) is 8.60. The standard InChI is InChI=1S/C29H30ClN5O3S2/c1-20(2)25-7-3-4-8-26(25)35-28(21-9-11-22(30)12-10-21)32-33-29(35)39-19-27(36)31-23-13-15-24(16-14-23)40(37,38)34-17-5-6-18-34/h3-4,7-16,20H,5-6,17-19H2,1-2H3,(H,31,36). The Bertz CT molecular complexity index is 1600. The fourth-order valence-corrected chi connectivity index (χ4v) is 7.05. The van der Waals surface area contributed by atoms with E-state index in [2.05, 4.69) is 35.4 Å². The molecule has 3 aromatic carbocycles. The Balaban J connectivity index is 1.35. The van der Waals surface area contributed by atoms with Gasteiger partial charge in [-0.2, -0.15) is 4.31 Å². The summed E-state index contributed by atoms with van der Waals surface area (Å²) in [4.78, 5) is 13.1. The SMILES string of the molecule is CC(C)c1ccccc1-n1c(SCC(=O)Nc2ccc(S(=O)(=O)N3CCCC3)cc2)nnc1-c1ccc(Cl)cc1. The number of aromatic nitrogens is 3. The van der Waals surface area contributed by atoms with Crippen molar-refractivity contribution in [2.45, 2.75) is 42.7 Å². The van der Waals surface area contributed by atoms with E-state index in [0.717, 1.165) is 29.7 Å². The van der Waals surface area contributed by atoms with Crippen LogP contribution < -0.4 is 5.32 Å². The topological polar surface area (TPSA) is 97.2 Å². The molecule has 0 saturated carbocycles. The molecule has 0 radical (unpaired) electrons. The van der Waals surface area contributed by atoms with Gasteiger partial charge in [-0.25, -0.2) is 8.42 Å². The van der Waals surface area contributed by atoms with Crippen LogP contribution in [0.5, 0.6) is 0 Å². The zero-order valence-corrected chi connectivity index (χ0v) is 24.6. The summed E-state index contributed by atoms with van der Waals surface area (Å²) >= 11 is 7.40. The number of nitrogens with zero attached hydrogens (tertiary/aromatic N) is 4. The maximum atomic E-state index is 12.9. The Morgan fingerprint density at radius 2 is 1.65 bits per heavy atom. The number of hydrogen-bond acceptors (Lipinski definition) is 6. The highest BCUT2D eigenvalue weighted by molar-refractivity contribution is 7.99. The summed E-state index contributed by atoms with van der Waals surface area (Å²) in [6.45, 7) is 5.36. The number of rotatable bonds is 9. The van der Waals surface area contributed by atoms with Crippen molar-refractivity contribution in [1.82, 2.24) is 19.1 Å². The lowest BCUT2D eigenvalue weighted by molar-refractivity contribution is -0.113. The second-order valence-electron chi connectivity index (χ2n) is 9.83. The predicted octanol–water partition coefficient (Wildman–Crippen LogP) is 6.23. The molecule has 11 heteroatoms. The lowest BCUT2D eigenvalue weighted by atomic mass is 10.0. The molecule has 0 unspecified atom stereocenters. The van der Waals surface area contributed by atoms with Crippen LogP contribution in [0.4, 0.5) is 5.69 Å². The first-order valence-corrected chi connectivity index (χ1v) is 15.9. The molecule has 5 rings (SSSR count). The maximum absolute atomic E-state index is 12.9. The Morgan fingerprint density at radius 3 is 2.33 bits per heavy atom. The zero-order chi connectivity index (χ0) is 28.3. The molecule has 208 valence electrons. The predicted molar refractivity (Wildman–Crippen MR) is 160 cm³/mol. The number of halogens is 1. The molecule has 1 amide bonds. The van der Waals surface area contributed by atoms with Crippen LogP contribution >= 0.6 is 23.4 Å². The van der Waals surface area contributed by atoms with Gasteiger partial charge in [0, 0.05) is 29.4 Å². The summed E-state index contributed by atoms with van der Waals surface area (Å²) in [5, 5.41) is 13.0. The minimum Gasteiger partial charge on any atom is -0.325 e. The van der Waals surface area contributed by atoms with Gasteiger partial charge in [0.1, 0.15) is 0 Å². The van der Waals surface area contributed by atoms with Crippen molar-refractivity contribution in [3.05, 3.63) is 83.4 Å². The monoisotopic (exact) mass is 595 g/mol. The molecule has 0 bridgehead atoms. The number of anilines is 1. The smallest absolute Gasteiger partial charge is 0.243 e. The summed E-state index contributed by atoms with van der Waals surface area (Å²) in [6.07, 6.45) is 1.76. The first-order chi connectivity index (χ1) is 19.2. The Morgan fingerprint density at radius 1 is 0.975 bits per heavy atom. The quantitative estimate of drug-likeness (QED) is 0.231. The molecule has 4 aromatic rings. The average molecular weight is 596 g/mol. The van der Waals surface area contributed by atoms with Crippen LogP contribution in [0.25, 0.3) is 17.1 Å². The number of carbonyl (C=O) groups excluding carboxylic acids is 1. The molecule has 0 spiro atoms. The van der Waals surface area contributed by atoms with Crippen molar-refractivity contribution in [2.24, 2.45) is 0 Å². The van der Waals surface area contributed by atoms with Crippen molar-refractivity contribution in [3.8, 4) is 17.1 Å². The highest BCUT2D eigenvalue weighted by atomic mass is 35.5. The fourth-order valence-electron chi connectivity index (χ4n) is 4.66. The number of benzene rings is 3. The van der Waals surface area contributed by atoms with E-state index in [9.17, 15) is 13.2 Å². The molecular formula is C29H30ClN5O3S2. The number of para-hydroxylation sites is 1. The van der Waals surface area contributed by atoms with Crippen LogP contribution in [-0.2, 0) is 14.8 Å². The van der Waals surface area contributed by atoms with E-state index in [-0.39, 0.29) is 22.5 Å². The van der Waals surface area contributed by atoms with Crippen molar-refractivity contribution in [2.75, 3.05) is 24.2 Å². The summed E-state index contributed by atoms with van der Waals surface area (Å²) in [5.41, 5.74) is 3.47. The molecule has 0 atom stereocenters. The van der Waals surface area contributed by atoms with E-state index in [1.807, 2.05) is 47.0 Å². The van der Waals surface area contributed by atoms with Gasteiger partial charge in [0.05, 0.1) is 16.3 Å². The van der Waals surface area contributed by atoms with E-state index in [0.29, 0.717) is 34.8 Å². The molecule has 1 aliphatic heterocycles. The highest BCUT2D eigenvalue weighted by Crippen LogP contribution is 2.32. The number of carbonyl (C=O) groups is 1. The van der Waals surface area contributed by atoms with Gasteiger partial charge in [0.25, 0.3) is 0 Å². The number of nitrogens with one attached hydrogen (secondary N) is 1. The minimum absolute atomic E-state index is 0.0937. The van der Waals surface area contributed by atoms with Crippen LogP contribution in [0.1, 0.15) is 38.2 Å². The fraction of sp³-hybridized carbons (Fsp3) is 0.276. The van der Waals surface area contributed by atoms with Gasteiger partial charge in [-0.15, -0.1) is 10.2 Å². The van der Waals surface area contributed by atoms with Gasteiger partial charge in [-0.1, -0.05) is 55.4 Å².